The van der Waals surface area contributed by atoms with Crippen LogP contribution in [-0.2, 0) is 20.8 Å². The maximum absolute atomic E-state index is 12.4. The fourth-order valence-corrected chi connectivity index (χ4v) is 3.84. The molecule has 0 bridgehead atoms. The van der Waals surface area contributed by atoms with Gasteiger partial charge in [-0.2, -0.15) is 0 Å². The van der Waals surface area contributed by atoms with E-state index in [0.29, 0.717) is 6.42 Å². The molecule has 1 aliphatic heterocycles. The highest BCUT2D eigenvalue weighted by Crippen LogP contribution is 2.23. The number of carbonyl (C=O) groups is 3. The van der Waals surface area contributed by atoms with E-state index in [9.17, 15) is 4.79 Å². The number of carboxylic acid groups (broad SMARTS) is 2. The van der Waals surface area contributed by atoms with E-state index in [0.717, 1.165) is 37.8 Å². The average molecular weight is 390 g/mol. The maximum atomic E-state index is 12.4. The summed E-state index contributed by atoms with van der Waals surface area (Å²) in [5.74, 6) is -3.36. The van der Waals surface area contributed by atoms with E-state index in [1.165, 1.54) is 38.5 Å². The predicted molar refractivity (Wildman–Crippen MR) is 105 cm³/mol. The van der Waals surface area contributed by atoms with Crippen molar-refractivity contribution in [1.82, 2.24) is 9.80 Å². The molecule has 3 rings (SSSR count). The molecule has 154 valence electrons. The molecule has 0 atom stereocenters. The van der Waals surface area contributed by atoms with Gasteiger partial charge >= 0.3 is 11.9 Å². The van der Waals surface area contributed by atoms with Gasteiger partial charge in [-0.25, -0.2) is 9.59 Å². The van der Waals surface area contributed by atoms with Crippen LogP contribution in [0.25, 0.3) is 0 Å². The van der Waals surface area contributed by atoms with E-state index < -0.39 is 11.9 Å². The predicted octanol–water partition coefficient (Wildman–Crippen LogP) is 2.25. The van der Waals surface area contributed by atoms with Gasteiger partial charge in [-0.15, -0.1) is 0 Å². The molecular formula is C21H30N2O5. The molecule has 2 fully saturated rings. The Labute approximate surface area is 165 Å². The summed E-state index contributed by atoms with van der Waals surface area (Å²) in [5.41, 5.74) is 1.12. The molecule has 1 amide bonds. The Morgan fingerprint density at radius 1 is 0.821 bits per heavy atom. The van der Waals surface area contributed by atoms with Gasteiger partial charge in [-0.05, 0) is 18.4 Å². The van der Waals surface area contributed by atoms with Gasteiger partial charge in [0.1, 0.15) is 0 Å². The number of amides is 1. The molecule has 1 aromatic carbocycles. The Kier molecular flexibility index (Phi) is 8.94. The van der Waals surface area contributed by atoms with Crippen LogP contribution in [0.3, 0.4) is 0 Å². The van der Waals surface area contributed by atoms with Crippen molar-refractivity contribution in [3.05, 3.63) is 35.9 Å². The molecule has 1 saturated carbocycles. The van der Waals surface area contributed by atoms with Crippen LogP contribution in [0.15, 0.2) is 30.3 Å². The van der Waals surface area contributed by atoms with Crippen LogP contribution in [0.4, 0.5) is 0 Å². The highest BCUT2D eigenvalue weighted by atomic mass is 16.4. The number of carbonyl (C=O) groups excluding carboxylic acids is 1. The summed E-state index contributed by atoms with van der Waals surface area (Å²) in [6.07, 6.45) is 8.86. The van der Waals surface area contributed by atoms with E-state index in [1.54, 1.807) is 0 Å². The number of benzene rings is 1. The first-order valence-electron chi connectivity index (χ1n) is 9.99. The minimum atomic E-state index is -1.82. The second kappa shape index (κ2) is 11.4. The van der Waals surface area contributed by atoms with Gasteiger partial charge in [0.25, 0.3) is 0 Å². The van der Waals surface area contributed by atoms with E-state index in [1.807, 2.05) is 30.3 Å². The third-order valence-electron chi connectivity index (χ3n) is 5.39. The van der Waals surface area contributed by atoms with Gasteiger partial charge in [0, 0.05) is 32.2 Å². The number of piperazine rings is 1. The number of rotatable bonds is 3. The highest BCUT2D eigenvalue weighted by Gasteiger charge is 2.26. The summed E-state index contributed by atoms with van der Waals surface area (Å²) in [7, 11) is 0. The van der Waals surface area contributed by atoms with Crippen molar-refractivity contribution < 1.29 is 24.6 Å². The zero-order chi connectivity index (χ0) is 20.4. The molecule has 0 unspecified atom stereocenters. The van der Waals surface area contributed by atoms with Crippen LogP contribution < -0.4 is 0 Å². The third kappa shape index (κ3) is 7.31. The number of aliphatic carboxylic acids is 2. The summed E-state index contributed by atoms with van der Waals surface area (Å²) in [6.45, 7) is 3.93. The Morgan fingerprint density at radius 2 is 1.36 bits per heavy atom. The fourth-order valence-electron chi connectivity index (χ4n) is 3.84. The number of nitrogens with zero attached hydrogens (tertiary/aromatic N) is 2. The van der Waals surface area contributed by atoms with Crippen LogP contribution in [0.2, 0.25) is 0 Å². The van der Waals surface area contributed by atoms with Crippen LogP contribution in [0.5, 0.6) is 0 Å². The standard InChI is InChI=1S/C19H28N2O.C2H2O4/c22-19(16-17-8-4-3-5-9-17)21-14-12-20(13-15-21)18-10-6-1-2-7-11-18;3-1(4)2(5)6/h3-5,8-9,18H,1-2,6-7,10-16H2;(H,3,4)(H,5,6). The molecule has 1 aliphatic carbocycles. The minimum absolute atomic E-state index is 0.284. The monoisotopic (exact) mass is 390 g/mol. The van der Waals surface area contributed by atoms with Crippen LogP contribution in [0.1, 0.15) is 44.1 Å². The summed E-state index contributed by atoms with van der Waals surface area (Å²) in [6, 6.07) is 10.9. The first kappa shape index (κ1) is 21.9. The van der Waals surface area contributed by atoms with E-state index in [-0.39, 0.29) is 5.91 Å². The van der Waals surface area contributed by atoms with Crippen molar-refractivity contribution in [2.45, 2.75) is 51.0 Å². The second-order valence-electron chi connectivity index (χ2n) is 7.33. The van der Waals surface area contributed by atoms with Crippen molar-refractivity contribution >= 4 is 17.8 Å². The molecule has 7 heteroatoms. The van der Waals surface area contributed by atoms with E-state index in [4.69, 9.17) is 19.8 Å². The van der Waals surface area contributed by atoms with Crippen molar-refractivity contribution in [3.63, 3.8) is 0 Å². The van der Waals surface area contributed by atoms with Crippen molar-refractivity contribution in [2.24, 2.45) is 0 Å². The number of hydrogen-bond acceptors (Lipinski definition) is 4. The molecule has 0 spiro atoms. The summed E-state index contributed by atoms with van der Waals surface area (Å²) in [4.78, 5) is 35.3. The van der Waals surface area contributed by atoms with Gasteiger partial charge in [-0.3, -0.25) is 9.69 Å². The van der Waals surface area contributed by atoms with Crippen molar-refractivity contribution in [1.29, 1.82) is 0 Å². The van der Waals surface area contributed by atoms with Gasteiger partial charge in [0.15, 0.2) is 0 Å². The largest absolute Gasteiger partial charge is 0.473 e. The minimum Gasteiger partial charge on any atom is -0.473 e. The molecule has 28 heavy (non-hydrogen) atoms. The lowest BCUT2D eigenvalue weighted by Crippen LogP contribution is -2.52. The van der Waals surface area contributed by atoms with E-state index in [2.05, 4.69) is 9.80 Å². The molecule has 1 aromatic rings. The molecule has 0 aromatic heterocycles. The van der Waals surface area contributed by atoms with Crippen molar-refractivity contribution in [3.8, 4) is 0 Å². The smallest absolute Gasteiger partial charge is 0.414 e. The SMILES string of the molecule is O=C(Cc1ccccc1)N1CCN(C2CCCCCC2)CC1.O=C(O)C(=O)O. The van der Waals surface area contributed by atoms with Gasteiger partial charge < -0.3 is 15.1 Å². The number of hydrogen-bond donors (Lipinski definition) is 2. The third-order valence-corrected chi connectivity index (χ3v) is 5.39. The maximum Gasteiger partial charge on any atom is 0.414 e. The van der Waals surface area contributed by atoms with Crippen LogP contribution in [-0.4, -0.2) is 70.1 Å². The van der Waals surface area contributed by atoms with E-state index >= 15 is 0 Å². The Hall–Kier alpha value is -2.41. The molecule has 7 nitrogen and oxygen atoms in total. The molecule has 0 radical (unpaired) electrons. The molecule has 1 heterocycles. The molecule has 2 aliphatic rings. The topological polar surface area (TPSA) is 98.2 Å². The van der Waals surface area contributed by atoms with Crippen LogP contribution >= 0.6 is 0 Å². The van der Waals surface area contributed by atoms with Crippen molar-refractivity contribution in [2.75, 3.05) is 26.2 Å². The second-order valence-corrected chi connectivity index (χ2v) is 7.33. The Bertz CT molecular complexity index is 621. The number of carboxylic acids is 2. The molecule has 2 N–H and O–H groups in total. The first-order valence-corrected chi connectivity index (χ1v) is 9.99. The lowest BCUT2D eigenvalue weighted by molar-refractivity contribution is -0.159. The normalized spacial score (nSPS) is 18.5. The Morgan fingerprint density at radius 3 is 1.86 bits per heavy atom. The van der Waals surface area contributed by atoms with Crippen LogP contribution in [0, 0.1) is 0 Å². The van der Waals surface area contributed by atoms with Gasteiger partial charge in [-0.1, -0.05) is 56.0 Å². The highest BCUT2D eigenvalue weighted by molar-refractivity contribution is 6.27. The lowest BCUT2D eigenvalue weighted by Gasteiger charge is -2.39. The quantitative estimate of drug-likeness (QED) is 0.607. The summed E-state index contributed by atoms with van der Waals surface area (Å²) >= 11 is 0. The van der Waals surface area contributed by atoms with Gasteiger partial charge in [0.05, 0.1) is 6.42 Å². The lowest BCUT2D eigenvalue weighted by atomic mass is 10.1. The summed E-state index contributed by atoms with van der Waals surface area (Å²) < 4.78 is 0. The Balaban J connectivity index is 0.000000409. The zero-order valence-corrected chi connectivity index (χ0v) is 16.3. The molecular weight excluding hydrogens is 360 g/mol. The molecule has 1 saturated heterocycles. The van der Waals surface area contributed by atoms with Gasteiger partial charge in [0.2, 0.25) is 5.91 Å². The fraction of sp³-hybridized carbons (Fsp3) is 0.571. The first-order chi connectivity index (χ1) is 13.5. The summed E-state index contributed by atoms with van der Waals surface area (Å²) in [5, 5.41) is 14.8. The zero-order valence-electron chi connectivity index (χ0n) is 16.3. The average Bonchev–Trinajstić information content (AvgIpc) is 2.99.